The number of aromatic nitrogens is 4. The van der Waals surface area contributed by atoms with Crippen molar-refractivity contribution in [1.82, 2.24) is 20.0 Å². The average Bonchev–Trinajstić information content (AvgIpc) is 2.83. The van der Waals surface area contributed by atoms with Crippen LogP contribution in [0.15, 0.2) is 21.9 Å². The topological polar surface area (TPSA) is 82.8 Å². The first-order valence-corrected chi connectivity index (χ1v) is 5.94. The lowest BCUT2D eigenvalue weighted by atomic mass is 10.5. The Kier molecular flexibility index (Phi) is 3.45. The van der Waals surface area contributed by atoms with Crippen LogP contribution in [-0.2, 0) is 6.54 Å². The Bertz CT molecular complexity index is 410. The highest BCUT2D eigenvalue weighted by molar-refractivity contribution is 7.99. The number of nitrogens with two attached hydrogens (primary N) is 1. The molecule has 2 rings (SSSR count). The molecule has 0 aromatic carbocycles. The van der Waals surface area contributed by atoms with Crippen molar-refractivity contribution < 1.29 is 4.42 Å². The SMILES string of the molecule is Cc1nnc(SCCCn2ccc(N)n2)o1. The van der Waals surface area contributed by atoms with Gasteiger partial charge in [0.25, 0.3) is 5.22 Å². The van der Waals surface area contributed by atoms with Crippen LogP contribution in [0, 0.1) is 6.92 Å². The van der Waals surface area contributed by atoms with Crippen molar-refractivity contribution in [3.63, 3.8) is 0 Å². The zero-order valence-electron chi connectivity index (χ0n) is 8.96. The quantitative estimate of drug-likeness (QED) is 0.626. The van der Waals surface area contributed by atoms with Crippen molar-refractivity contribution in [2.45, 2.75) is 25.1 Å². The van der Waals surface area contributed by atoms with Crippen LogP contribution in [0.1, 0.15) is 12.3 Å². The van der Waals surface area contributed by atoms with Crippen LogP contribution in [0.5, 0.6) is 0 Å². The Morgan fingerprint density at radius 2 is 2.38 bits per heavy atom. The molecule has 0 spiro atoms. The van der Waals surface area contributed by atoms with Gasteiger partial charge in [-0.1, -0.05) is 11.8 Å². The maximum absolute atomic E-state index is 5.51. The van der Waals surface area contributed by atoms with Gasteiger partial charge in [-0.3, -0.25) is 4.68 Å². The molecular formula is C9H13N5OS. The number of rotatable bonds is 5. The van der Waals surface area contributed by atoms with E-state index < -0.39 is 0 Å². The standard InChI is InChI=1S/C9H13N5OS/c1-7-11-12-9(15-7)16-6-2-4-14-5-3-8(10)13-14/h3,5H,2,4,6H2,1H3,(H2,10,13). The first-order valence-electron chi connectivity index (χ1n) is 4.96. The van der Waals surface area contributed by atoms with Gasteiger partial charge in [-0.05, 0) is 12.5 Å². The number of hydrogen-bond donors (Lipinski definition) is 1. The molecule has 0 radical (unpaired) electrons. The maximum Gasteiger partial charge on any atom is 0.276 e. The van der Waals surface area contributed by atoms with E-state index in [4.69, 9.17) is 10.2 Å². The molecule has 6 nitrogen and oxygen atoms in total. The van der Waals surface area contributed by atoms with E-state index in [0.29, 0.717) is 16.9 Å². The van der Waals surface area contributed by atoms with Gasteiger partial charge in [0, 0.05) is 25.4 Å². The minimum atomic E-state index is 0.556. The Balaban J connectivity index is 1.69. The summed E-state index contributed by atoms with van der Waals surface area (Å²) in [5, 5.41) is 12.4. The lowest BCUT2D eigenvalue weighted by Gasteiger charge is -1.99. The van der Waals surface area contributed by atoms with E-state index in [1.54, 1.807) is 24.8 Å². The summed E-state index contributed by atoms with van der Waals surface area (Å²) < 4.78 is 7.07. The Labute approximate surface area is 97.2 Å². The molecule has 16 heavy (non-hydrogen) atoms. The summed E-state index contributed by atoms with van der Waals surface area (Å²) in [5.74, 6) is 2.07. The Hall–Kier alpha value is -1.50. The predicted molar refractivity (Wildman–Crippen MR) is 61.0 cm³/mol. The van der Waals surface area contributed by atoms with E-state index in [9.17, 15) is 0 Å². The second-order valence-corrected chi connectivity index (χ2v) is 4.34. The summed E-state index contributed by atoms with van der Waals surface area (Å²) in [6.07, 6.45) is 2.85. The molecule has 2 aromatic heterocycles. The molecule has 0 aliphatic heterocycles. The van der Waals surface area contributed by atoms with Crippen LogP contribution < -0.4 is 5.73 Å². The molecule has 0 amide bonds. The van der Waals surface area contributed by atoms with Gasteiger partial charge in [-0.15, -0.1) is 10.2 Å². The molecule has 0 aliphatic carbocycles. The monoisotopic (exact) mass is 239 g/mol. The molecule has 0 atom stereocenters. The largest absolute Gasteiger partial charge is 0.416 e. The van der Waals surface area contributed by atoms with Crippen LogP contribution >= 0.6 is 11.8 Å². The van der Waals surface area contributed by atoms with Crippen LogP contribution in [0.4, 0.5) is 5.82 Å². The second kappa shape index (κ2) is 5.02. The van der Waals surface area contributed by atoms with E-state index in [1.165, 1.54) is 0 Å². The summed E-state index contributed by atoms with van der Waals surface area (Å²) in [4.78, 5) is 0. The number of anilines is 1. The van der Waals surface area contributed by atoms with Crippen molar-refractivity contribution in [2.75, 3.05) is 11.5 Å². The minimum absolute atomic E-state index is 0.556. The van der Waals surface area contributed by atoms with E-state index in [2.05, 4.69) is 15.3 Å². The maximum atomic E-state index is 5.51. The van der Waals surface area contributed by atoms with Crippen molar-refractivity contribution in [3.05, 3.63) is 18.2 Å². The number of nitrogen functional groups attached to an aromatic ring is 1. The van der Waals surface area contributed by atoms with E-state index in [0.717, 1.165) is 18.7 Å². The molecular weight excluding hydrogens is 226 g/mol. The number of aryl methyl sites for hydroxylation is 2. The molecule has 2 heterocycles. The van der Waals surface area contributed by atoms with Crippen molar-refractivity contribution in [1.29, 1.82) is 0 Å². The van der Waals surface area contributed by atoms with Gasteiger partial charge in [0.15, 0.2) is 0 Å². The number of nitrogens with zero attached hydrogens (tertiary/aromatic N) is 4. The average molecular weight is 239 g/mol. The van der Waals surface area contributed by atoms with Gasteiger partial charge < -0.3 is 10.2 Å². The van der Waals surface area contributed by atoms with E-state index in [-0.39, 0.29) is 0 Å². The zero-order chi connectivity index (χ0) is 11.4. The summed E-state index contributed by atoms with van der Waals surface area (Å²) >= 11 is 1.55. The van der Waals surface area contributed by atoms with Crippen molar-refractivity contribution in [3.8, 4) is 0 Å². The highest BCUT2D eigenvalue weighted by Gasteiger charge is 2.02. The highest BCUT2D eigenvalue weighted by atomic mass is 32.2. The third kappa shape index (κ3) is 2.99. The third-order valence-electron chi connectivity index (χ3n) is 1.93. The molecule has 0 saturated carbocycles. The molecule has 2 aromatic rings. The fraction of sp³-hybridized carbons (Fsp3) is 0.444. The smallest absolute Gasteiger partial charge is 0.276 e. The van der Waals surface area contributed by atoms with Gasteiger partial charge in [0.05, 0.1) is 0 Å². The summed E-state index contributed by atoms with van der Waals surface area (Å²) in [6.45, 7) is 2.63. The summed E-state index contributed by atoms with van der Waals surface area (Å²) in [5.41, 5.74) is 5.51. The third-order valence-corrected chi connectivity index (χ3v) is 2.83. The molecule has 7 heteroatoms. The fourth-order valence-electron chi connectivity index (χ4n) is 1.22. The molecule has 86 valence electrons. The minimum Gasteiger partial charge on any atom is -0.416 e. The van der Waals surface area contributed by atoms with Crippen LogP contribution in [-0.4, -0.2) is 25.7 Å². The van der Waals surface area contributed by atoms with Gasteiger partial charge in [0.1, 0.15) is 5.82 Å². The number of thioether (sulfide) groups is 1. The molecule has 0 unspecified atom stereocenters. The highest BCUT2D eigenvalue weighted by Crippen LogP contribution is 2.16. The molecule has 0 fully saturated rings. The van der Waals surface area contributed by atoms with Gasteiger partial charge in [0.2, 0.25) is 5.89 Å². The Morgan fingerprint density at radius 3 is 3.00 bits per heavy atom. The van der Waals surface area contributed by atoms with Gasteiger partial charge in [-0.25, -0.2) is 0 Å². The first kappa shape index (κ1) is 11.0. The summed E-state index contributed by atoms with van der Waals surface area (Å²) in [6, 6.07) is 1.79. The zero-order valence-corrected chi connectivity index (χ0v) is 9.78. The summed E-state index contributed by atoms with van der Waals surface area (Å²) in [7, 11) is 0. The predicted octanol–water partition coefficient (Wildman–Crippen LogP) is 1.34. The lowest BCUT2D eigenvalue weighted by molar-refractivity contribution is 0.429. The Morgan fingerprint density at radius 1 is 1.50 bits per heavy atom. The van der Waals surface area contributed by atoms with Crippen molar-refractivity contribution >= 4 is 17.6 Å². The first-order chi connectivity index (χ1) is 7.74. The van der Waals surface area contributed by atoms with E-state index >= 15 is 0 Å². The normalized spacial score (nSPS) is 10.8. The van der Waals surface area contributed by atoms with Gasteiger partial charge in [-0.2, -0.15) is 5.10 Å². The molecule has 0 bridgehead atoms. The van der Waals surface area contributed by atoms with Crippen LogP contribution in [0.2, 0.25) is 0 Å². The number of hydrogen-bond acceptors (Lipinski definition) is 6. The van der Waals surface area contributed by atoms with Crippen molar-refractivity contribution in [2.24, 2.45) is 0 Å². The second-order valence-electron chi connectivity index (χ2n) is 3.29. The van der Waals surface area contributed by atoms with Gasteiger partial charge >= 0.3 is 0 Å². The molecule has 0 saturated heterocycles. The molecule has 2 N–H and O–H groups in total. The van der Waals surface area contributed by atoms with E-state index in [1.807, 2.05) is 10.9 Å². The lowest BCUT2D eigenvalue weighted by Crippen LogP contribution is -2.00. The fourth-order valence-corrected chi connectivity index (χ4v) is 1.95. The molecule has 0 aliphatic rings. The van der Waals surface area contributed by atoms with Crippen LogP contribution in [0.3, 0.4) is 0 Å². The van der Waals surface area contributed by atoms with Crippen LogP contribution in [0.25, 0.3) is 0 Å².